The van der Waals surface area contributed by atoms with Crippen LogP contribution in [0.25, 0.3) is 11.4 Å². The molecule has 47 heavy (non-hydrogen) atoms. The van der Waals surface area contributed by atoms with Crippen LogP contribution in [0.1, 0.15) is 77.6 Å². The standard InChI is InChI=1S/C42H38N2O2S/c1-28-18-24-32(25-19-28)47(45,46)43-27-39(30-20-22-31(23-21-30)42(2,3)4)44-38(29-12-6-5-7-13-29)26-36-33-14-8-9-15-34(33)40(36)41(44)35-16-10-11-17-37(35)43/h5-27,36,40-41H,1-4H3. The van der Waals surface area contributed by atoms with E-state index in [1.165, 1.54) is 21.0 Å². The fourth-order valence-electron chi connectivity index (χ4n) is 7.54. The Morgan fingerprint density at radius 1 is 0.617 bits per heavy atom. The average molecular weight is 635 g/mol. The summed E-state index contributed by atoms with van der Waals surface area (Å²) in [5, 5.41) is 0. The molecule has 3 aliphatic rings. The molecule has 1 aliphatic carbocycles. The molecule has 2 aliphatic heterocycles. The summed E-state index contributed by atoms with van der Waals surface area (Å²) in [6, 6.07) is 43.0. The number of benzene rings is 5. The minimum Gasteiger partial charge on any atom is -0.331 e. The third-order valence-corrected chi connectivity index (χ3v) is 11.7. The van der Waals surface area contributed by atoms with Gasteiger partial charge >= 0.3 is 0 Å². The van der Waals surface area contributed by atoms with Crippen LogP contribution in [-0.2, 0) is 15.4 Å². The highest BCUT2D eigenvalue weighted by molar-refractivity contribution is 7.93. The van der Waals surface area contributed by atoms with Crippen LogP contribution in [0, 0.1) is 6.92 Å². The summed E-state index contributed by atoms with van der Waals surface area (Å²) < 4.78 is 31.0. The molecule has 4 nitrogen and oxygen atoms in total. The zero-order valence-electron chi connectivity index (χ0n) is 27.1. The van der Waals surface area contributed by atoms with Gasteiger partial charge in [0.1, 0.15) is 0 Å². The lowest BCUT2D eigenvalue weighted by Gasteiger charge is -2.52. The molecule has 0 saturated carbocycles. The van der Waals surface area contributed by atoms with Crippen molar-refractivity contribution in [3.8, 4) is 0 Å². The van der Waals surface area contributed by atoms with Gasteiger partial charge in [-0.2, -0.15) is 0 Å². The Morgan fingerprint density at radius 3 is 1.89 bits per heavy atom. The number of hydrogen-bond donors (Lipinski definition) is 0. The highest BCUT2D eigenvalue weighted by Gasteiger charge is 2.51. The third-order valence-electron chi connectivity index (χ3n) is 10.0. The van der Waals surface area contributed by atoms with Crippen molar-refractivity contribution in [3.05, 3.63) is 179 Å². The molecule has 5 aromatic rings. The molecule has 8 rings (SSSR count). The fraction of sp³-hybridized carbons (Fsp3) is 0.190. The van der Waals surface area contributed by atoms with Crippen LogP contribution in [0.4, 0.5) is 5.69 Å². The number of sulfonamides is 1. The van der Waals surface area contributed by atoms with Crippen LogP contribution in [0.5, 0.6) is 0 Å². The molecule has 0 amide bonds. The molecule has 2 heterocycles. The summed E-state index contributed by atoms with van der Waals surface area (Å²) in [6.45, 7) is 8.61. The lowest BCUT2D eigenvalue weighted by Crippen LogP contribution is -2.41. The predicted molar refractivity (Wildman–Crippen MR) is 191 cm³/mol. The summed E-state index contributed by atoms with van der Waals surface area (Å²) in [5.74, 6) is 0.361. The first-order chi connectivity index (χ1) is 22.6. The van der Waals surface area contributed by atoms with E-state index in [9.17, 15) is 8.42 Å². The number of para-hydroxylation sites is 1. The molecular weight excluding hydrogens is 597 g/mol. The number of anilines is 1. The lowest BCUT2D eigenvalue weighted by atomic mass is 9.61. The second kappa shape index (κ2) is 10.9. The normalized spacial score (nSPS) is 20.0. The molecule has 5 heteroatoms. The molecule has 234 valence electrons. The third kappa shape index (κ3) is 4.75. The van der Waals surface area contributed by atoms with Gasteiger partial charge < -0.3 is 4.90 Å². The first-order valence-electron chi connectivity index (χ1n) is 16.3. The summed E-state index contributed by atoms with van der Waals surface area (Å²) in [5.41, 5.74) is 10.6. The molecule has 0 aromatic heterocycles. The Labute approximate surface area is 278 Å². The quantitative estimate of drug-likeness (QED) is 0.198. The van der Waals surface area contributed by atoms with Gasteiger partial charge in [0.05, 0.1) is 22.3 Å². The average Bonchev–Trinajstić information content (AvgIpc) is 3.22. The van der Waals surface area contributed by atoms with Crippen LogP contribution < -0.4 is 4.31 Å². The summed E-state index contributed by atoms with van der Waals surface area (Å²) >= 11 is 0. The fourth-order valence-corrected chi connectivity index (χ4v) is 8.92. The van der Waals surface area contributed by atoms with E-state index in [0.29, 0.717) is 5.69 Å². The Hall–Kier alpha value is -4.87. The molecule has 3 atom stereocenters. The smallest absolute Gasteiger partial charge is 0.268 e. The van der Waals surface area contributed by atoms with Gasteiger partial charge in [-0.1, -0.05) is 142 Å². The van der Waals surface area contributed by atoms with Crippen molar-refractivity contribution in [2.45, 2.75) is 55.9 Å². The minimum atomic E-state index is -3.98. The van der Waals surface area contributed by atoms with E-state index in [2.05, 4.69) is 111 Å². The molecule has 0 radical (unpaired) electrons. The minimum absolute atomic E-state index is 0.0148. The number of aryl methyl sites for hydroxylation is 1. The van der Waals surface area contributed by atoms with Gasteiger partial charge in [-0.3, -0.25) is 0 Å². The second-order valence-corrected chi connectivity index (χ2v) is 15.7. The lowest BCUT2D eigenvalue weighted by molar-refractivity contribution is 0.286. The maximum Gasteiger partial charge on any atom is 0.268 e. The van der Waals surface area contributed by atoms with Crippen molar-refractivity contribution in [2.24, 2.45) is 0 Å². The van der Waals surface area contributed by atoms with Crippen molar-refractivity contribution in [3.63, 3.8) is 0 Å². The first-order valence-corrected chi connectivity index (χ1v) is 17.7. The number of fused-ring (bicyclic) bond motifs is 8. The Bertz CT molecular complexity index is 2160. The molecule has 0 N–H and O–H groups in total. The first kappa shape index (κ1) is 29.5. The van der Waals surface area contributed by atoms with Crippen molar-refractivity contribution in [1.29, 1.82) is 0 Å². The summed E-state index contributed by atoms with van der Waals surface area (Å²) in [6.07, 6.45) is 4.27. The summed E-state index contributed by atoms with van der Waals surface area (Å²) in [4.78, 5) is 2.68. The Balaban J connectivity index is 1.43. The van der Waals surface area contributed by atoms with Gasteiger partial charge in [-0.05, 0) is 58.4 Å². The van der Waals surface area contributed by atoms with Crippen molar-refractivity contribution in [2.75, 3.05) is 4.31 Å². The van der Waals surface area contributed by atoms with Gasteiger partial charge in [0.25, 0.3) is 10.0 Å². The second-order valence-electron chi connectivity index (χ2n) is 13.9. The number of allylic oxidation sites excluding steroid dienone is 1. The van der Waals surface area contributed by atoms with E-state index < -0.39 is 10.0 Å². The molecule has 0 fully saturated rings. The van der Waals surface area contributed by atoms with Crippen LogP contribution >= 0.6 is 0 Å². The zero-order valence-corrected chi connectivity index (χ0v) is 27.9. The number of hydrogen-bond acceptors (Lipinski definition) is 3. The van der Waals surface area contributed by atoms with Crippen LogP contribution in [0.2, 0.25) is 0 Å². The van der Waals surface area contributed by atoms with E-state index >= 15 is 0 Å². The van der Waals surface area contributed by atoms with Crippen LogP contribution in [0.3, 0.4) is 0 Å². The highest BCUT2D eigenvalue weighted by atomic mass is 32.2. The van der Waals surface area contributed by atoms with Gasteiger partial charge in [-0.15, -0.1) is 0 Å². The van der Waals surface area contributed by atoms with Crippen molar-refractivity contribution < 1.29 is 8.42 Å². The number of nitrogens with zero attached hydrogens (tertiary/aromatic N) is 2. The molecule has 0 spiro atoms. The Morgan fingerprint density at radius 2 is 1.21 bits per heavy atom. The number of rotatable bonds is 4. The van der Waals surface area contributed by atoms with Crippen molar-refractivity contribution in [1.82, 2.24) is 4.90 Å². The van der Waals surface area contributed by atoms with Gasteiger partial charge in [-0.25, -0.2) is 12.7 Å². The van der Waals surface area contributed by atoms with E-state index in [-0.39, 0.29) is 28.2 Å². The molecule has 5 aromatic carbocycles. The maximum absolute atomic E-state index is 14.7. The molecule has 0 bridgehead atoms. The van der Waals surface area contributed by atoms with E-state index in [0.717, 1.165) is 33.6 Å². The van der Waals surface area contributed by atoms with Crippen molar-refractivity contribution >= 4 is 27.1 Å². The predicted octanol–water partition coefficient (Wildman–Crippen LogP) is 9.78. The SMILES string of the molecule is Cc1ccc(S(=O)(=O)N2C=C(c3ccc(C(C)(C)C)cc3)N3C(c4ccccc4)=CC4c5ccccc5C4C3c3ccccc32)cc1. The topological polar surface area (TPSA) is 40.6 Å². The monoisotopic (exact) mass is 634 g/mol. The van der Waals surface area contributed by atoms with E-state index in [1.54, 1.807) is 12.1 Å². The van der Waals surface area contributed by atoms with E-state index in [1.807, 2.05) is 49.5 Å². The van der Waals surface area contributed by atoms with Gasteiger partial charge in [0.15, 0.2) is 0 Å². The maximum atomic E-state index is 14.7. The largest absolute Gasteiger partial charge is 0.331 e. The molecular formula is C42H38N2O2S. The molecule has 3 unspecified atom stereocenters. The summed E-state index contributed by atoms with van der Waals surface area (Å²) in [7, 11) is -3.98. The van der Waals surface area contributed by atoms with Gasteiger partial charge in [0.2, 0.25) is 0 Å². The van der Waals surface area contributed by atoms with Crippen LogP contribution in [-0.4, -0.2) is 13.3 Å². The van der Waals surface area contributed by atoms with Crippen LogP contribution in [0.15, 0.2) is 145 Å². The highest BCUT2D eigenvalue weighted by Crippen LogP contribution is 2.63. The zero-order chi connectivity index (χ0) is 32.5. The van der Waals surface area contributed by atoms with Gasteiger partial charge in [0, 0.05) is 29.3 Å². The molecule has 0 saturated heterocycles. The van der Waals surface area contributed by atoms with E-state index in [4.69, 9.17) is 0 Å². The Kier molecular flexibility index (Phi) is 6.82.